The van der Waals surface area contributed by atoms with E-state index in [1.54, 1.807) is 6.07 Å². The summed E-state index contributed by atoms with van der Waals surface area (Å²) in [4.78, 5) is 26.4. The minimum Gasteiger partial charge on any atom is -0.338 e. The van der Waals surface area contributed by atoms with Gasteiger partial charge in [0.2, 0.25) is 5.91 Å². The molecule has 1 heterocycles. The lowest BCUT2D eigenvalue weighted by atomic mass is 9.91. The van der Waals surface area contributed by atoms with Gasteiger partial charge in [-0.1, -0.05) is 33.8 Å². The molecule has 1 fully saturated rings. The van der Waals surface area contributed by atoms with Crippen LogP contribution in [0.15, 0.2) is 24.3 Å². The summed E-state index contributed by atoms with van der Waals surface area (Å²) in [6.45, 7) is 9.70. The highest BCUT2D eigenvalue weighted by molar-refractivity contribution is 5.97. The molecule has 4 heteroatoms. The van der Waals surface area contributed by atoms with Gasteiger partial charge in [-0.05, 0) is 36.5 Å². The molecule has 1 N–H and O–H groups in total. The Morgan fingerprint density at radius 1 is 1.18 bits per heavy atom. The zero-order chi connectivity index (χ0) is 16.3. The SMILES string of the molecule is CC(C)C(=O)Nc1cccc(C(=O)N2C[C@H](C)C[C@H](C)C2)c1. The maximum Gasteiger partial charge on any atom is 0.253 e. The van der Waals surface area contributed by atoms with Crippen LogP contribution in [0.2, 0.25) is 0 Å². The lowest BCUT2D eigenvalue weighted by Gasteiger charge is -2.35. The van der Waals surface area contributed by atoms with Gasteiger partial charge in [-0.25, -0.2) is 0 Å². The largest absolute Gasteiger partial charge is 0.338 e. The second-order valence-electron chi connectivity index (χ2n) is 6.88. The number of hydrogen-bond donors (Lipinski definition) is 1. The molecule has 120 valence electrons. The number of nitrogens with one attached hydrogen (secondary N) is 1. The number of piperidine rings is 1. The maximum absolute atomic E-state index is 12.7. The molecule has 0 aromatic heterocycles. The summed E-state index contributed by atoms with van der Waals surface area (Å²) in [6, 6.07) is 7.22. The van der Waals surface area contributed by atoms with E-state index >= 15 is 0 Å². The normalized spacial score (nSPS) is 21.8. The van der Waals surface area contributed by atoms with E-state index in [2.05, 4.69) is 19.2 Å². The van der Waals surface area contributed by atoms with Crippen molar-refractivity contribution in [1.29, 1.82) is 0 Å². The van der Waals surface area contributed by atoms with Crippen molar-refractivity contribution >= 4 is 17.5 Å². The van der Waals surface area contributed by atoms with E-state index in [1.165, 1.54) is 6.42 Å². The number of benzene rings is 1. The van der Waals surface area contributed by atoms with E-state index in [0.717, 1.165) is 13.1 Å². The van der Waals surface area contributed by atoms with Crippen LogP contribution in [0.5, 0.6) is 0 Å². The van der Waals surface area contributed by atoms with E-state index in [1.807, 2.05) is 36.9 Å². The molecule has 1 aromatic rings. The number of anilines is 1. The summed E-state index contributed by atoms with van der Waals surface area (Å²) in [7, 11) is 0. The highest BCUT2D eigenvalue weighted by atomic mass is 16.2. The number of likely N-dealkylation sites (tertiary alicyclic amines) is 1. The number of carbonyl (C=O) groups excluding carboxylic acids is 2. The van der Waals surface area contributed by atoms with E-state index in [-0.39, 0.29) is 17.7 Å². The smallest absolute Gasteiger partial charge is 0.253 e. The van der Waals surface area contributed by atoms with Crippen LogP contribution >= 0.6 is 0 Å². The Labute approximate surface area is 132 Å². The van der Waals surface area contributed by atoms with Crippen LogP contribution in [0, 0.1) is 17.8 Å². The molecule has 1 saturated heterocycles. The monoisotopic (exact) mass is 302 g/mol. The fourth-order valence-corrected chi connectivity index (χ4v) is 3.03. The van der Waals surface area contributed by atoms with E-state index in [4.69, 9.17) is 0 Å². The molecular weight excluding hydrogens is 276 g/mol. The molecule has 4 nitrogen and oxygen atoms in total. The third-order valence-corrected chi connectivity index (χ3v) is 4.06. The topological polar surface area (TPSA) is 49.4 Å². The first-order chi connectivity index (χ1) is 10.4. The van der Waals surface area contributed by atoms with Gasteiger partial charge in [0.1, 0.15) is 0 Å². The molecule has 1 aromatic carbocycles. The zero-order valence-electron chi connectivity index (χ0n) is 13.9. The lowest BCUT2D eigenvalue weighted by Crippen LogP contribution is -2.42. The minimum atomic E-state index is -0.0804. The Morgan fingerprint density at radius 3 is 2.41 bits per heavy atom. The van der Waals surface area contributed by atoms with E-state index in [9.17, 15) is 9.59 Å². The van der Waals surface area contributed by atoms with Crippen molar-refractivity contribution in [2.45, 2.75) is 34.1 Å². The molecule has 0 bridgehead atoms. The van der Waals surface area contributed by atoms with Crippen molar-refractivity contribution < 1.29 is 9.59 Å². The standard InChI is InChI=1S/C18H26N2O2/c1-12(2)17(21)19-16-7-5-6-15(9-16)18(22)20-10-13(3)8-14(4)11-20/h5-7,9,12-14H,8,10-11H2,1-4H3,(H,19,21)/t13-,14+. The van der Waals surface area contributed by atoms with E-state index < -0.39 is 0 Å². The van der Waals surface area contributed by atoms with Crippen LogP contribution < -0.4 is 5.32 Å². The van der Waals surface area contributed by atoms with Crippen molar-refractivity contribution in [2.75, 3.05) is 18.4 Å². The Balaban J connectivity index is 2.11. The third-order valence-electron chi connectivity index (χ3n) is 4.06. The first-order valence-electron chi connectivity index (χ1n) is 8.07. The summed E-state index contributed by atoms with van der Waals surface area (Å²) in [6.07, 6.45) is 1.17. The predicted octanol–water partition coefficient (Wildman–Crippen LogP) is 3.40. The van der Waals surface area contributed by atoms with Gasteiger partial charge in [0.25, 0.3) is 5.91 Å². The van der Waals surface area contributed by atoms with Crippen molar-refractivity contribution in [3.05, 3.63) is 29.8 Å². The quantitative estimate of drug-likeness (QED) is 0.930. The van der Waals surface area contributed by atoms with Crippen LogP contribution in [0.25, 0.3) is 0 Å². The van der Waals surface area contributed by atoms with Crippen molar-refractivity contribution in [1.82, 2.24) is 4.90 Å². The third kappa shape index (κ3) is 4.09. The van der Waals surface area contributed by atoms with Crippen molar-refractivity contribution in [2.24, 2.45) is 17.8 Å². The van der Waals surface area contributed by atoms with Gasteiger partial charge in [-0.3, -0.25) is 9.59 Å². The van der Waals surface area contributed by atoms with Crippen LogP contribution in [-0.4, -0.2) is 29.8 Å². The molecule has 0 unspecified atom stereocenters. The van der Waals surface area contributed by atoms with Crippen molar-refractivity contribution in [3.8, 4) is 0 Å². The van der Waals surface area contributed by atoms with Gasteiger partial charge in [-0.15, -0.1) is 0 Å². The van der Waals surface area contributed by atoms with Gasteiger partial charge in [0.15, 0.2) is 0 Å². The maximum atomic E-state index is 12.7. The molecule has 1 aliphatic rings. The molecule has 0 saturated carbocycles. The molecule has 0 spiro atoms. The number of rotatable bonds is 3. The number of amides is 2. The predicted molar refractivity (Wildman–Crippen MR) is 88.8 cm³/mol. The van der Waals surface area contributed by atoms with Crippen LogP contribution in [0.1, 0.15) is 44.5 Å². The van der Waals surface area contributed by atoms with Gasteiger partial charge >= 0.3 is 0 Å². The molecule has 2 atom stereocenters. The number of carbonyl (C=O) groups is 2. The average molecular weight is 302 g/mol. The highest BCUT2D eigenvalue weighted by Crippen LogP contribution is 2.23. The van der Waals surface area contributed by atoms with Gasteiger partial charge in [0.05, 0.1) is 0 Å². The molecule has 0 aliphatic carbocycles. The summed E-state index contributed by atoms with van der Waals surface area (Å²) in [5.41, 5.74) is 1.32. The molecule has 2 rings (SSSR count). The number of nitrogens with zero attached hydrogens (tertiary/aromatic N) is 1. The fraction of sp³-hybridized carbons (Fsp3) is 0.556. The molecular formula is C18H26N2O2. The molecule has 0 radical (unpaired) electrons. The van der Waals surface area contributed by atoms with Gasteiger partial charge in [-0.2, -0.15) is 0 Å². The Bertz CT molecular complexity index is 544. The van der Waals surface area contributed by atoms with Crippen LogP contribution in [0.4, 0.5) is 5.69 Å². The minimum absolute atomic E-state index is 0.0372. The summed E-state index contributed by atoms with van der Waals surface area (Å²) >= 11 is 0. The first-order valence-corrected chi connectivity index (χ1v) is 8.07. The highest BCUT2D eigenvalue weighted by Gasteiger charge is 2.26. The molecule has 22 heavy (non-hydrogen) atoms. The molecule has 2 amide bonds. The zero-order valence-corrected chi connectivity index (χ0v) is 13.9. The Kier molecular flexibility index (Phi) is 5.22. The summed E-state index contributed by atoms with van der Waals surface area (Å²) < 4.78 is 0. The Hall–Kier alpha value is -1.84. The average Bonchev–Trinajstić information content (AvgIpc) is 2.45. The first kappa shape index (κ1) is 16.5. The van der Waals surface area contributed by atoms with Gasteiger partial charge in [0, 0.05) is 30.3 Å². The van der Waals surface area contributed by atoms with Crippen LogP contribution in [-0.2, 0) is 4.79 Å². The van der Waals surface area contributed by atoms with Gasteiger partial charge < -0.3 is 10.2 Å². The summed E-state index contributed by atoms with van der Waals surface area (Å²) in [5.74, 6) is 1.01. The fourth-order valence-electron chi connectivity index (χ4n) is 3.03. The second-order valence-corrected chi connectivity index (χ2v) is 6.88. The van der Waals surface area contributed by atoms with Crippen LogP contribution in [0.3, 0.4) is 0 Å². The Morgan fingerprint density at radius 2 is 1.82 bits per heavy atom. The van der Waals surface area contributed by atoms with E-state index in [0.29, 0.717) is 23.1 Å². The second kappa shape index (κ2) is 6.95. The van der Waals surface area contributed by atoms with Crippen molar-refractivity contribution in [3.63, 3.8) is 0 Å². The number of hydrogen-bond acceptors (Lipinski definition) is 2. The molecule has 1 aliphatic heterocycles. The lowest BCUT2D eigenvalue weighted by molar-refractivity contribution is -0.118. The summed E-state index contributed by atoms with van der Waals surface area (Å²) in [5, 5.41) is 2.85.